The lowest BCUT2D eigenvalue weighted by molar-refractivity contribution is -0.139. The lowest BCUT2D eigenvalue weighted by Crippen LogP contribution is -2.53. The zero-order valence-corrected chi connectivity index (χ0v) is 15.1. The van der Waals surface area contributed by atoms with E-state index in [0.29, 0.717) is 19.0 Å². The molecule has 1 unspecified atom stereocenters. The van der Waals surface area contributed by atoms with Crippen molar-refractivity contribution in [2.75, 3.05) is 20.1 Å². The standard InChI is InChI=1S/C17H25N7O/c1-12-19-20-16-11-21(2)15(10-24(12)16)17(25)23-8-5-13(6-9-23)14-4-7-18-22(14)3/h4,7,13,15H,5-6,8-11H2,1-3H3. The quantitative estimate of drug-likeness (QED) is 0.796. The van der Waals surface area contributed by atoms with Crippen molar-refractivity contribution < 1.29 is 4.79 Å². The third-order valence-electron chi connectivity index (χ3n) is 5.66. The van der Waals surface area contributed by atoms with E-state index < -0.39 is 0 Å². The summed E-state index contributed by atoms with van der Waals surface area (Å²) in [5, 5.41) is 12.6. The minimum absolute atomic E-state index is 0.129. The Morgan fingerprint density at radius 2 is 1.96 bits per heavy atom. The Bertz CT molecular complexity index is 772. The van der Waals surface area contributed by atoms with E-state index in [0.717, 1.165) is 37.6 Å². The summed E-state index contributed by atoms with van der Waals surface area (Å²) in [6.07, 6.45) is 3.85. The smallest absolute Gasteiger partial charge is 0.241 e. The molecular formula is C17H25N7O. The van der Waals surface area contributed by atoms with Crippen LogP contribution in [0.4, 0.5) is 0 Å². The predicted molar refractivity (Wildman–Crippen MR) is 91.8 cm³/mol. The van der Waals surface area contributed by atoms with Gasteiger partial charge in [-0.05, 0) is 32.9 Å². The van der Waals surface area contributed by atoms with Crippen molar-refractivity contribution >= 4 is 5.91 Å². The Morgan fingerprint density at radius 3 is 2.64 bits per heavy atom. The first-order chi connectivity index (χ1) is 12.0. The van der Waals surface area contributed by atoms with Gasteiger partial charge in [-0.15, -0.1) is 10.2 Å². The van der Waals surface area contributed by atoms with Crippen molar-refractivity contribution in [1.29, 1.82) is 0 Å². The third kappa shape index (κ3) is 2.84. The van der Waals surface area contributed by atoms with Crippen molar-refractivity contribution in [3.05, 3.63) is 29.6 Å². The van der Waals surface area contributed by atoms with Crippen LogP contribution < -0.4 is 0 Å². The van der Waals surface area contributed by atoms with E-state index in [-0.39, 0.29) is 11.9 Å². The number of piperidine rings is 1. The number of fused-ring (bicyclic) bond motifs is 1. The summed E-state index contributed by atoms with van der Waals surface area (Å²) in [4.78, 5) is 17.2. The van der Waals surface area contributed by atoms with Gasteiger partial charge in [0.05, 0.1) is 13.1 Å². The molecule has 134 valence electrons. The lowest BCUT2D eigenvalue weighted by Gasteiger charge is -2.38. The second-order valence-electron chi connectivity index (χ2n) is 7.18. The number of amides is 1. The molecular weight excluding hydrogens is 318 g/mol. The summed E-state index contributed by atoms with van der Waals surface area (Å²) in [5.74, 6) is 2.55. The first-order valence-corrected chi connectivity index (χ1v) is 8.90. The van der Waals surface area contributed by atoms with Crippen LogP contribution in [0.25, 0.3) is 0 Å². The van der Waals surface area contributed by atoms with Crippen molar-refractivity contribution in [1.82, 2.24) is 34.3 Å². The highest BCUT2D eigenvalue weighted by Gasteiger charge is 2.35. The second kappa shape index (κ2) is 6.25. The molecule has 0 radical (unpaired) electrons. The average Bonchev–Trinajstić information content (AvgIpc) is 3.20. The summed E-state index contributed by atoms with van der Waals surface area (Å²) in [6.45, 7) is 4.89. The third-order valence-corrected chi connectivity index (χ3v) is 5.66. The molecule has 8 nitrogen and oxygen atoms in total. The van der Waals surface area contributed by atoms with Crippen LogP contribution in [0.5, 0.6) is 0 Å². The van der Waals surface area contributed by atoms with E-state index in [1.54, 1.807) is 0 Å². The molecule has 0 saturated carbocycles. The van der Waals surface area contributed by atoms with Crippen LogP contribution in [0.1, 0.15) is 36.1 Å². The van der Waals surface area contributed by atoms with Gasteiger partial charge in [0.1, 0.15) is 17.7 Å². The molecule has 4 heterocycles. The Balaban J connectivity index is 1.42. The zero-order chi connectivity index (χ0) is 17.6. The predicted octanol–water partition coefficient (Wildman–Crippen LogP) is 0.540. The molecule has 25 heavy (non-hydrogen) atoms. The molecule has 2 aromatic rings. The van der Waals surface area contributed by atoms with Gasteiger partial charge < -0.3 is 9.47 Å². The number of aromatic nitrogens is 5. The number of rotatable bonds is 2. The topological polar surface area (TPSA) is 72.1 Å². The summed E-state index contributed by atoms with van der Waals surface area (Å²) < 4.78 is 4.03. The molecule has 0 bridgehead atoms. The van der Waals surface area contributed by atoms with Gasteiger partial charge in [-0.25, -0.2) is 0 Å². The van der Waals surface area contributed by atoms with Crippen LogP contribution in [0.3, 0.4) is 0 Å². The molecule has 0 N–H and O–H groups in total. The largest absolute Gasteiger partial charge is 0.341 e. The molecule has 4 rings (SSSR count). The van der Waals surface area contributed by atoms with Gasteiger partial charge in [-0.1, -0.05) is 0 Å². The van der Waals surface area contributed by atoms with E-state index in [1.807, 2.05) is 36.8 Å². The van der Waals surface area contributed by atoms with Gasteiger partial charge in [0.15, 0.2) is 0 Å². The second-order valence-corrected chi connectivity index (χ2v) is 7.18. The molecule has 0 aliphatic carbocycles. The Hall–Kier alpha value is -2.22. The molecule has 2 aliphatic heterocycles. The minimum atomic E-state index is -0.129. The molecule has 2 aliphatic rings. The van der Waals surface area contributed by atoms with E-state index >= 15 is 0 Å². The molecule has 0 aromatic carbocycles. The van der Waals surface area contributed by atoms with Crippen LogP contribution in [0.15, 0.2) is 12.3 Å². The van der Waals surface area contributed by atoms with Crippen LogP contribution in [0.2, 0.25) is 0 Å². The highest BCUT2D eigenvalue weighted by molar-refractivity contribution is 5.82. The Labute approximate surface area is 147 Å². The van der Waals surface area contributed by atoms with Gasteiger partial charge >= 0.3 is 0 Å². The summed E-state index contributed by atoms with van der Waals surface area (Å²) in [6, 6.07) is 1.96. The molecule has 0 spiro atoms. The van der Waals surface area contributed by atoms with E-state index in [9.17, 15) is 4.79 Å². The molecule has 8 heteroatoms. The summed E-state index contributed by atoms with van der Waals surface area (Å²) in [5.41, 5.74) is 1.27. The number of carbonyl (C=O) groups is 1. The number of hydrogen-bond donors (Lipinski definition) is 0. The van der Waals surface area contributed by atoms with Gasteiger partial charge in [0.25, 0.3) is 0 Å². The number of aryl methyl sites for hydroxylation is 2. The fraction of sp³-hybridized carbons (Fsp3) is 0.647. The number of hydrogen-bond acceptors (Lipinski definition) is 5. The molecule has 2 aromatic heterocycles. The van der Waals surface area contributed by atoms with Crippen molar-refractivity contribution in [2.45, 2.75) is 44.8 Å². The first kappa shape index (κ1) is 16.3. The maximum absolute atomic E-state index is 13.1. The first-order valence-electron chi connectivity index (χ1n) is 8.90. The zero-order valence-electron chi connectivity index (χ0n) is 15.1. The average molecular weight is 343 g/mol. The fourth-order valence-corrected chi connectivity index (χ4v) is 4.08. The highest BCUT2D eigenvalue weighted by Crippen LogP contribution is 2.28. The van der Waals surface area contributed by atoms with E-state index in [2.05, 4.69) is 30.8 Å². The van der Waals surface area contributed by atoms with Crippen LogP contribution in [-0.4, -0.2) is 66.4 Å². The maximum atomic E-state index is 13.1. The van der Waals surface area contributed by atoms with Gasteiger partial charge in [0, 0.05) is 37.9 Å². The Morgan fingerprint density at radius 1 is 1.20 bits per heavy atom. The van der Waals surface area contributed by atoms with Crippen molar-refractivity contribution in [3.63, 3.8) is 0 Å². The Kier molecular flexibility index (Phi) is 4.07. The molecule has 1 saturated heterocycles. The van der Waals surface area contributed by atoms with Crippen molar-refractivity contribution in [2.24, 2.45) is 7.05 Å². The maximum Gasteiger partial charge on any atom is 0.241 e. The van der Waals surface area contributed by atoms with Crippen molar-refractivity contribution in [3.8, 4) is 0 Å². The molecule has 1 fully saturated rings. The monoisotopic (exact) mass is 343 g/mol. The lowest BCUT2D eigenvalue weighted by atomic mass is 9.93. The van der Waals surface area contributed by atoms with E-state index in [4.69, 9.17) is 0 Å². The number of nitrogens with zero attached hydrogens (tertiary/aromatic N) is 7. The number of likely N-dealkylation sites (N-methyl/N-ethyl adjacent to an activating group) is 1. The van der Waals surface area contributed by atoms with Gasteiger partial charge in [-0.3, -0.25) is 14.4 Å². The van der Waals surface area contributed by atoms with Crippen LogP contribution in [-0.2, 0) is 24.9 Å². The fourth-order valence-electron chi connectivity index (χ4n) is 4.08. The van der Waals surface area contributed by atoms with Crippen LogP contribution in [0, 0.1) is 6.92 Å². The summed E-state index contributed by atoms with van der Waals surface area (Å²) >= 11 is 0. The van der Waals surface area contributed by atoms with E-state index in [1.165, 1.54) is 5.69 Å². The highest BCUT2D eigenvalue weighted by atomic mass is 16.2. The number of carbonyl (C=O) groups excluding carboxylic acids is 1. The van der Waals surface area contributed by atoms with Gasteiger partial charge in [0.2, 0.25) is 5.91 Å². The molecule has 1 atom stereocenters. The van der Waals surface area contributed by atoms with Gasteiger partial charge in [-0.2, -0.15) is 5.10 Å². The number of likely N-dealkylation sites (tertiary alicyclic amines) is 1. The normalized spacial score (nSPS) is 22.2. The minimum Gasteiger partial charge on any atom is -0.341 e. The molecule has 1 amide bonds. The summed E-state index contributed by atoms with van der Waals surface area (Å²) in [7, 11) is 3.99. The van der Waals surface area contributed by atoms with Crippen LogP contribution >= 0.6 is 0 Å². The SMILES string of the molecule is Cc1nnc2n1CC(C(=O)N1CCC(c3ccnn3C)CC1)N(C)C2.